The van der Waals surface area contributed by atoms with Crippen molar-refractivity contribution in [2.24, 2.45) is 0 Å². The van der Waals surface area contributed by atoms with E-state index in [0.717, 1.165) is 26.2 Å². The molecule has 1 heterocycles. The van der Waals surface area contributed by atoms with Crippen LogP contribution in [0.2, 0.25) is 0 Å². The number of aromatic nitrogens is 3. The number of ether oxygens (including phenoxy) is 2. The quantitative estimate of drug-likeness (QED) is 0.523. The molecule has 1 aromatic rings. The highest BCUT2D eigenvalue weighted by molar-refractivity contribution is 4.63. The Bertz CT molecular complexity index is 295. The molecule has 6 heteroatoms. The molecule has 1 N–H and O–H groups in total. The van der Waals surface area contributed by atoms with Crippen LogP contribution < -0.4 is 5.32 Å². The molecule has 0 radical (unpaired) electrons. The standard InChI is InChI=1S/C14H28N4O2.2C2H6/c1-2-3-4-5-6-15-8-11-19-13-14-20-12-10-18-9-7-16-17-18;2*1-2/h7,9,15H,2-6,8,10-14H2,1H3;2*1-2H3. The smallest absolute Gasteiger partial charge is 0.0701 e. The van der Waals surface area contributed by atoms with Crippen LogP contribution in [-0.2, 0) is 16.0 Å². The summed E-state index contributed by atoms with van der Waals surface area (Å²) in [5.41, 5.74) is 0. The molecule has 144 valence electrons. The van der Waals surface area contributed by atoms with Gasteiger partial charge in [-0.2, -0.15) is 0 Å². The van der Waals surface area contributed by atoms with Gasteiger partial charge >= 0.3 is 0 Å². The van der Waals surface area contributed by atoms with Crippen LogP contribution in [0.4, 0.5) is 0 Å². The zero-order valence-corrected chi connectivity index (χ0v) is 16.6. The van der Waals surface area contributed by atoms with E-state index in [4.69, 9.17) is 9.47 Å². The predicted octanol–water partition coefficient (Wildman–Crippen LogP) is 3.53. The molecule has 0 aliphatic heterocycles. The number of rotatable bonds is 14. The van der Waals surface area contributed by atoms with Crippen LogP contribution in [0.3, 0.4) is 0 Å². The maximum absolute atomic E-state index is 5.48. The zero-order valence-electron chi connectivity index (χ0n) is 16.6. The van der Waals surface area contributed by atoms with Crippen molar-refractivity contribution in [3.8, 4) is 0 Å². The molecule has 24 heavy (non-hydrogen) atoms. The molecule has 0 fully saturated rings. The van der Waals surface area contributed by atoms with Crippen molar-refractivity contribution in [1.29, 1.82) is 0 Å². The van der Waals surface area contributed by atoms with Crippen LogP contribution >= 0.6 is 0 Å². The first kappa shape index (κ1) is 25.3. The Morgan fingerprint density at radius 2 is 1.58 bits per heavy atom. The summed E-state index contributed by atoms with van der Waals surface area (Å²) in [5.74, 6) is 0. The van der Waals surface area contributed by atoms with Crippen molar-refractivity contribution in [2.45, 2.75) is 66.8 Å². The van der Waals surface area contributed by atoms with Gasteiger partial charge in [-0.1, -0.05) is 59.1 Å². The second kappa shape index (κ2) is 24.3. The fraction of sp³-hybridized carbons (Fsp3) is 0.889. The molecular formula is C18H40N4O2. The van der Waals surface area contributed by atoms with E-state index in [0.29, 0.717) is 19.8 Å². The van der Waals surface area contributed by atoms with E-state index in [-0.39, 0.29) is 0 Å². The van der Waals surface area contributed by atoms with Crippen molar-refractivity contribution >= 4 is 0 Å². The minimum atomic E-state index is 0.630. The summed E-state index contributed by atoms with van der Waals surface area (Å²) in [6.07, 6.45) is 8.71. The topological polar surface area (TPSA) is 61.2 Å². The fourth-order valence-corrected chi connectivity index (χ4v) is 1.78. The summed E-state index contributed by atoms with van der Waals surface area (Å²) < 4.78 is 12.7. The highest BCUT2D eigenvalue weighted by atomic mass is 16.5. The number of nitrogens with zero attached hydrogens (tertiary/aromatic N) is 3. The SMILES string of the molecule is CC.CC.CCCCCCNCCOCCOCCn1ccnn1. The second-order valence-corrected chi connectivity index (χ2v) is 4.70. The molecule has 1 rings (SSSR count). The Balaban J connectivity index is 0. The summed E-state index contributed by atoms with van der Waals surface area (Å²) in [6, 6.07) is 0. The number of unbranched alkanes of at least 4 members (excludes halogenated alkanes) is 3. The molecule has 0 bridgehead atoms. The Labute approximate surface area is 149 Å². The van der Waals surface area contributed by atoms with Gasteiger partial charge in [-0.25, -0.2) is 0 Å². The van der Waals surface area contributed by atoms with Crippen molar-refractivity contribution in [3.63, 3.8) is 0 Å². The van der Waals surface area contributed by atoms with Gasteiger partial charge in [-0.3, -0.25) is 4.68 Å². The minimum Gasteiger partial charge on any atom is -0.378 e. The molecule has 0 saturated heterocycles. The second-order valence-electron chi connectivity index (χ2n) is 4.70. The molecule has 0 atom stereocenters. The van der Waals surface area contributed by atoms with Gasteiger partial charge in [-0.15, -0.1) is 5.10 Å². The summed E-state index contributed by atoms with van der Waals surface area (Å²) >= 11 is 0. The molecule has 0 saturated carbocycles. The Hall–Kier alpha value is -0.980. The third kappa shape index (κ3) is 19.1. The van der Waals surface area contributed by atoms with Crippen molar-refractivity contribution in [1.82, 2.24) is 20.3 Å². The molecule has 0 spiro atoms. The van der Waals surface area contributed by atoms with Crippen molar-refractivity contribution < 1.29 is 9.47 Å². The van der Waals surface area contributed by atoms with Crippen LogP contribution in [0.5, 0.6) is 0 Å². The van der Waals surface area contributed by atoms with Crippen LogP contribution in [0.25, 0.3) is 0 Å². The van der Waals surface area contributed by atoms with Gasteiger partial charge < -0.3 is 14.8 Å². The van der Waals surface area contributed by atoms with Gasteiger partial charge in [0.1, 0.15) is 0 Å². The molecule has 0 aliphatic rings. The van der Waals surface area contributed by atoms with Crippen molar-refractivity contribution in [3.05, 3.63) is 12.4 Å². The van der Waals surface area contributed by atoms with Crippen molar-refractivity contribution in [2.75, 3.05) is 39.5 Å². The van der Waals surface area contributed by atoms with E-state index in [1.807, 2.05) is 33.9 Å². The Morgan fingerprint density at radius 1 is 0.875 bits per heavy atom. The van der Waals surface area contributed by atoms with E-state index < -0.39 is 0 Å². The monoisotopic (exact) mass is 344 g/mol. The molecule has 0 unspecified atom stereocenters. The first-order chi connectivity index (χ1) is 11.9. The largest absolute Gasteiger partial charge is 0.378 e. The van der Waals surface area contributed by atoms with Crippen LogP contribution in [0.15, 0.2) is 12.4 Å². The summed E-state index contributed by atoms with van der Waals surface area (Å²) in [4.78, 5) is 0. The Kier molecular flexibility index (Phi) is 25.6. The van der Waals surface area contributed by atoms with Gasteiger partial charge in [0.2, 0.25) is 0 Å². The van der Waals surface area contributed by atoms with E-state index in [9.17, 15) is 0 Å². The molecule has 0 amide bonds. The maximum atomic E-state index is 5.48. The van der Waals surface area contributed by atoms with Gasteiger partial charge in [0.05, 0.1) is 39.2 Å². The van der Waals surface area contributed by atoms with Crippen LogP contribution in [-0.4, -0.2) is 54.5 Å². The third-order valence-electron chi connectivity index (χ3n) is 2.94. The maximum Gasteiger partial charge on any atom is 0.0701 e. The number of hydrogen-bond donors (Lipinski definition) is 1. The van der Waals surface area contributed by atoms with Crippen LogP contribution in [0, 0.1) is 0 Å². The minimum absolute atomic E-state index is 0.630. The lowest BCUT2D eigenvalue weighted by atomic mass is 10.2. The molecule has 1 aromatic heterocycles. The predicted molar refractivity (Wildman–Crippen MR) is 101 cm³/mol. The summed E-state index contributed by atoms with van der Waals surface area (Å²) in [6.45, 7) is 15.7. The molecular weight excluding hydrogens is 304 g/mol. The summed E-state index contributed by atoms with van der Waals surface area (Å²) in [5, 5.41) is 11.0. The fourth-order valence-electron chi connectivity index (χ4n) is 1.78. The lowest BCUT2D eigenvalue weighted by Gasteiger charge is -2.07. The average molecular weight is 345 g/mol. The normalized spacial score (nSPS) is 9.71. The highest BCUT2D eigenvalue weighted by Gasteiger charge is 1.93. The van der Waals surface area contributed by atoms with E-state index in [1.54, 1.807) is 10.9 Å². The summed E-state index contributed by atoms with van der Waals surface area (Å²) in [7, 11) is 0. The van der Waals surface area contributed by atoms with Gasteiger partial charge in [0.25, 0.3) is 0 Å². The first-order valence-electron chi connectivity index (χ1n) is 9.63. The highest BCUT2D eigenvalue weighted by Crippen LogP contribution is 1.96. The number of nitrogens with one attached hydrogen (secondary N) is 1. The lowest BCUT2D eigenvalue weighted by molar-refractivity contribution is 0.0449. The first-order valence-corrected chi connectivity index (χ1v) is 9.63. The van der Waals surface area contributed by atoms with Crippen LogP contribution in [0.1, 0.15) is 60.3 Å². The van der Waals surface area contributed by atoms with Gasteiger partial charge in [-0.05, 0) is 13.0 Å². The average Bonchev–Trinajstić information content (AvgIpc) is 3.16. The third-order valence-corrected chi connectivity index (χ3v) is 2.94. The van der Waals surface area contributed by atoms with Gasteiger partial charge in [0, 0.05) is 12.7 Å². The molecule has 6 nitrogen and oxygen atoms in total. The van der Waals surface area contributed by atoms with E-state index in [1.165, 1.54) is 25.7 Å². The number of hydrogen-bond acceptors (Lipinski definition) is 5. The Morgan fingerprint density at radius 3 is 2.21 bits per heavy atom. The lowest BCUT2D eigenvalue weighted by Crippen LogP contribution is -2.21. The zero-order chi connectivity index (χ0) is 18.3. The molecule has 0 aromatic carbocycles. The van der Waals surface area contributed by atoms with E-state index in [2.05, 4.69) is 22.6 Å². The van der Waals surface area contributed by atoms with E-state index >= 15 is 0 Å². The van der Waals surface area contributed by atoms with Gasteiger partial charge in [0.15, 0.2) is 0 Å². The molecule has 0 aliphatic carbocycles.